The molecule has 1 aromatic carbocycles. The maximum Gasteiger partial charge on any atom is 0.278 e. The summed E-state index contributed by atoms with van der Waals surface area (Å²) in [5, 5.41) is 11.3. The van der Waals surface area contributed by atoms with Crippen LogP contribution in [0.3, 0.4) is 0 Å². The van der Waals surface area contributed by atoms with E-state index in [1.165, 1.54) is 6.07 Å². The number of nitro benzene ring substituents is 1. The first-order chi connectivity index (χ1) is 7.09. The molecule has 0 aliphatic heterocycles. The second-order valence-electron chi connectivity index (χ2n) is 3.21. The highest BCUT2D eigenvalue weighted by Gasteiger charge is 2.13. The van der Waals surface area contributed by atoms with E-state index in [9.17, 15) is 10.1 Å². The summed E-state index contributed by atoms with van der Waals surface area (Å²) in [7, 11) is 0. The van der Waals surface area contributed by atoms with Crippen LogP contribution in [-0.2, 0) is 0 Å². The van der Waals surface area contributed by atoms with Crippen molar-refractivity contribution in [2.45, 2.75) is 11.8 Å². The number of hydrogen-bond acceptors (Lipinski definition) is 4. The molecule has 0 saturated carbocycles. The van der Waals surface area contributed by atoms with Crippen molar-refractivity contribution < 1.29 is 4.92 Å². The number of aryl methyl sites for hydroxylation is 1. The van der Waals surface area contributed by atoms with Crippen LogP contribution in [-0.4, -0.2) is 9.91 Å². The summed E-state index contributed by atoms with van der Waals surface area (Å²) in [6.45, 7) is 1.84. The fraction of sp³-hybridized carbons (Fsp3) is 0.100. The summed E-state index contributed by atoms with van der Waals surface area (Å²) in [6.07, 6.45) is 0. The van der Waals surface area contributed by atoms with Gasteiger partial charge in [0.05, 0.1) is 15.8 Å². The summed E-state index contributed by atoms with van der Waals surface area (Å²) >= 11 is 4.23. The van der Waals surface area contributed by atoms with Gasteiger partial charge in [0.1, 0.15) is 0 Å². The van der Waals surface area contributed by atoms with Crippen molar-refractivity contribution in [1.29, 1.82) is 0 Å². The van der Waals surface area contributed by atoms with Gasteiger partial charge in [0.2, 0.25) is 0 Å². The molecule has 0 bridgehead atoms. The maximum absolute atomic E-state index is 10.8. The second kappa shape index (κ2) is 3.51. The van der Waals surface area contributed by atoms with E-state index in [0.29, 0.717) is 15.8 Å². The van der Waals surface area contributed by atoms with Gasteiger partial charge in [0, 0.05) is 16.7 Å². The lowest BCUT2D eigenvalue weighted by Crippen LogP contribution is -1.92. The Morgan fingerprint density at radius 2 is 2.07 bits per heavy atom. The van der Waals surface area contributed by atoms with Crippen LogP contribution >= 0.6 is 12.6 Å². The zero-order valence-corrected chi connectivity index (χ0v) is 8.86. The molecule has 0 amide bonds. The third-order valence-electron chi connectivity index (χ3n) is 2.15. The van der Waals surface area contributed by atoms with Crippen molar-refractivity contribution in [3.05, 3.63) is 40.1 Å². The molecule has 76 valence electrons. The van der Waals surface area contributed by atoms with Crippen LogP contribution < -0.4 is 0 Å². The molecule has 1 heterocycles. The van der Waals surface area contributed by atoms with Crippen LogP contribution in [0.4, 0.5) is 5.69 Å². The first kappa shape index (κ1) is 9.92. The Morgan fingerprint density at radius 1 is 1.33 bits per heavy atom. The minimum atomic E-state index is -0.410. The van der Waals surface area contributed by atoms with Crippen LogP contribution in [0.15, 0.2) is 29.2 Å². The summed E-state index contributed by atoms with van der Waals surface area (Å²) < 4.78 is 0. The van der Waals surface area contributed by atoms with Crippen molar-refractivity contribution in [3.8, 4) is 0 Å². The van der Waals surface area contributed by atoms with Gasteiger partial charge >= 0.3 is 0 Å². The SMILES string of the molecule is Cc1ccc2c([N+](=O)[O-])ccc(S)c2n1. The highest BCUT2D eigenvalue weighted by atomic mass is 32.1. The van der Waals surface area contributed by atoms with E-state index < -0.39 is 4.92 Å². The number of non-ortho nitro benzene ring substituents is 1. The predicted octanol–water partition coefficient (Wildman–Crippen LogP) is 2.74. The third-order valence-corrected chi connectivity index (χ3v) is 2.51. The topological polar surface area (TPSA) is 56.0 Å². The van der Waals surface area contributed by atoms with E-state index >= 15 is 0 Å². The van der Waals surface area contributed by atoms with E-state index in [-0.39, 0.29) is 5.69 Å². The van der Waals surface area contributed by atoms with Crippen LogP contribution in [0.5, 0.6) is 0 Å². The number of thiol groups is 1. The number of aromatic nitrogens is 1. The second-order valence-corrected chi connectivity index (χ2v) is 3.69. The van der Waals surface area contributed by atoms with E-state index in [0.717, 1.165) is 5.69 Å². The van der Waals surface area contributed by atoms with Gasteiger partial charge in [-0.15, -0.1) is 12.6 Å². The Kier molecular flexibility index (Phi) is 2.32. The lowest BCUT2D eigenvalue weighted by Gasteiger charge is -2.02. The Bertz CT molecular complexity index is 554. The molecule has 0 spiro atoms. The molecule has 15 heavy (non-hydrogen) atoms. The Labute approximate surface area is 91.5 Å². The number of hydrogen-bond donors (Lipinski definition) is 1. The molecule has 4 nitrogen and oxygen atoms in total. The van der Waals surface area contributed by atoms with Crippen molar-refractivity contribution in [2.24, 2.45) is 0 Å². The van der Waals surface area contributed by atoms with Crippen LogP contribution in [0.25, 0.3) is 10.9 Å². The highest BCUT2D eigenvalue weighted by molar-refractivity contribution is 7.80. The van der Waals surface area contributed by atoms with Crippen LogP contribution in [0.1, 0.15) is 5.69 Å². The molecule has 0 saturated heterocycles. The van der Waals surface area contributed by atoms with Crippen LogP contribution in [0, 0.1) is 17.0 Å². The molecular formula is C10H8N2O2S. The average Bonchev–Trinajstić information content (AvgIpc) is 2.19. The quantitative estimate of drug-likeness (QED) is 0.456. The van der Waals surface area contributed by atoms with Gasteiger partial charge in [-0.2, -0.15) is 0 Å². The lowest BCUT2D eigenvalue weighted by molar-refractivity contribution is -0.383. The summed E-state index contributed by atoms with van der Waals surface area (Å²) in [4.78, 5) is 15.2. The number of benzene rings is 1. The summed E-state index contributed by atoms with van der Waals surface area (Å²) in [6, 6.07) is 6.50. The molecule has 2 rings (SSSR count). The molecule has 5 heteroatoms. The standard InChI is InChI=1S/C10H8N2O2S/c1-6-2-3-7-8(12(13)14)4-5-9(15)10(7)11-6/h2-5,15H,1H3. The third kappa shape index (κ3) is 1.66. The van der Waals surface area contributed by atoms with Gasteiger partial charge in [-0.1, -0.05) is 0 Å². The molecule has 1 aromatic heterocycles. The molecule has 0 fully saturated rings. The smallest absolute Gasteiger partial charge is 0.258 e. The Hall–Kier alpha value is -1.62. The molecule has 0 atom stereocenters. The van der Waals surface area contributed by atoms with E-state index in [2.05, 4.69) is 17.6 Å². The Balaban J connectivity index is 2.88. The Morgan fingerprint density at radius 3 is 2.73 bits per heavy atom. The van der Waals surface area contributed by atoms with Gasteiger partial charge in [-0.25, -0.2) is 0 Å². The monoisotopic (exact) mass is 220 g/mol. The van der Waals surface area contributed by atoms with Gasteiger partial charge in [-0.05, 0) is 25.1 Å². The molecule has 0 unspecified atom stereocenters. The van der Waals surface area contributed by atoms with Crippen molar-refractivity contribution >= 4 is 29.2 Å². The molecule has 0 radical (unpaired) electrons. The van der Waals surface area contributed by atoms with Crippen molar-refractivity contribution in [3.63, 3.8) is 0 Å². The number of nitro groups is 1. The van der Waals surface area contributed by atoms with E-state index in [1.807, 2.05) is 6.92 Å². The minimum Gasteiger partial charge on any atom is -0.258 e. The highest BCUT2D eigenvalue weighted by Crippen LogP contribution is 2.28. The molecule has 0 aliphatic rings. The number of pyridine rings is 1. The minimum absolute atomic E-state index is 0.0651. The van der Waals surface area contributed by atoms with Crippen molar-refractivity contribution in [1.82, 2.24) is 4.98 Å². The largest absolute Gasteiger partial charge is 0.278 e. The lowest BCUT2D eigenvalue weighted by atomic mass is 10.1. The zero-order chi connectivity index (χ0) is 11.0. The number of rotatable bonds is 1. The van der Waals surface area contributed by atoms with Gasteiger partial charge in [0.15, 0.2) is 0 Å². The molecule has 0 aliphatic carbocycles. The molecule has 2 aromatic rings. The maximum atomic E-state index is 10.8. The van der Waals surface area contributed by atoms with Gasteiger partial charge < -0.3 is 0 Å². The summed E-state index contributed by atoms with van der Waals surface area (Å²) in [5.41, 5.74) is 1.46. The van der Waals surface area contributed by atoms with Gasteiger partial charge in [0.25, 0.3) is 5.69 Å². The zero-order valence-electron chi connectivity index (χ0n) is 7.97. The van der Waals surface area contributed by atoms with E-state index in [1.54, 1.807) is 18.2 Å². The fourth-order valence-electron chi connectivity index (χ4n) is 1.44. The van der Waals surface area contributed by atoms with E-state index in [4.69, 9.17) is 0 Å². The molecular weight excluding hydrogens is 212 g/mol. The normalized spacial score (nSPS) is 10.5. The van der Waals surface area contributed by atoms with Gasteiger partial charge in [-0.3, -0.25) is 15.1 Å². The predicted molar refractivity (Wildman–Crippen MR) is 60.4 cm³/mol. The first-order valence-electron chi connectivity index (χ1n) is 4.33. The fourth-order valence-corrected chi connectivity index (χ4v) is 1.69. The number of fused-ring (bicyclic) bond motifs is 1. The first-order valence-corrected chi connectivity index (χ1v) is 4.78. The molecule has 0 N–H and O–H groups in total. The average molecular weight is 220 g/mol. The summed E-state index contributed by atoms with van der Waals surface area (Å²) in [5.74, 6) is 0. The number of nitrogens with zero attached hydrogens (tertiary/aromatic N) is 2. The van der Waals surface area contributed by atoms with Crippen LogP contribution in [0.2, 0.25) is 0 Å². The van der Waals surface area contributed by atoms with Crippen molar-refractivity contribution in [2.75, 3.05) is 0 Å².